The summed E-state index contributed by atoms with van der Waals surface area (Å²) in [5, 5.41) is 11.6. The predicted octanol–water partition coefficient (Wildman–Crippen LogP) is 3.44. The summed E-state index contributed by atoms with van der Waals surface area (Å²) in [6.07, 6.45) is 0.347. The minimum absolute atomic E-state index is 0.00650. The van der Waals surface area contributed by atoms with Crippen molar-refractivity contribution in [1.29, 1.82) is 0 Å². The minimum Gasteiger partial charge on any atom is -0.359 e. The zero-order valence-electron chi connectivity index (χ0n) is 13.9. The first-order valence-corrected chi connectivity index (χ1v) is 8.90. The molecule has 1 aromatic heterocycles. The summed E-state index contributed by atoms with van der Waals surface area (Å²) >= 11 is 1.53. The van der Waals surface area contributed by atoms with Crippen molar-refractivity contribution in [2.24, 2.45) is 0 Å². The van der Waals surface area contributed by atoms with Crippen molar-refractivity contribution in [3.63, 3.8) is 0 Å². The Kier molecular flexibility index (Phi) is 5.23. The van der Waals surface area contributed by atoms with E-state index in [0.29, 0.717) is 13.0 Å². The van der Waals surface area contributed by atoms with E-state index in [4.69, 9.17) is 0 Å². The number of amides is 1. The van der Waals surface area contributed by atoms with Crippen LogP contribution in [0, 0.1) is 0 Å². The van der Waals surface area contributed by atoms with Crippen molar-refractivity contribution in [2.75, 3.05) is 7.05 Å². The number of benzene rings is 2. The van der Waals surface area contributed by atoms with Gasteiger partial charge in [0.1, 0.15) is 5.01 Å². The Morgan fingerprint density at radius 1 is 1.21 bits per heavy atom. The monoisotopic (exact) mass is 339 g/mol. The third-order valence-electron chi connectivity index (χ3n) is 4.07. The molecule has 1 atom stereocenters. The summed E-state index contributed by atoms with van der Waals surface area (Å²) in [7, 11) is 1.64. The van der Waals surface area contributed by atoms with E-state index in [1.807, 2.05) is 5.38 Å². The van der Waals surface area contributed by atoms with Gasteiger partial charge in [0.2, 0.25) is 5.91 Å². The van der Waals surface area contributed by atoms with Crippen LogP contribution >= 0.6 is 11.3 Å². The average Bonchev–Trinajstić information content (AvgIpc) is 3.06. The predicted molar refractivity (Wildman–Crippen MR) is 99.1 cm³/mol. The first kappa shape index (κ1) is 16.6. The fraction of sp³-hybridized carbons (Fsp3) is 0.263. The number of carbonyl (C=O) groups is 1. The molecular formula is C19H21N3OS. The Hall–Kier alpha value is -2.24. The van der Waals surface area contributed by atoms with E-state index in [1.54, 1.807) is 7.05 Å². The standard InChI is InChI=1S/C19H21N3OS/c1-13(16-9-5-7-14-6-3-4-8-17(14)16)21-11-15-12-24-19(22-15)10-18(23)20-2/h3-9,12-13,21H,10-11H2,1-2H3,(H,20,23). The van der Waals surface area contributed by atoms with Crippen LogP contribution in [0.15, 0.2) is 47.8 Å². The highest BCUT2D eigenvalue weighted by Crippen LogP contribution is 2.24. The molecule has 1 unspecified atom stereocenters. The molecule has 0 radical (unpaired) electrons. The average molecular weight is 339 g/mol. The molecule has 0 saturated heterocycles. The first-order chi connectivity index (χ1) is 11.7. The molecule has 124 valence electrons. The van der Waals surface area contributed by atoms with E-state index in [9.17, 15) is 4.79 Å². The van der Waals surface area contributed by atoms with Crippen molar-refractivity contribution in [1.82, 2.24) is 15.6 Å². The lowest BCUT2D eigenvalue weighted by atomic mass is 10.00. The zero-order valence-corrected chi connectivity index (χ0v) is 14.7. The van der Waals surface area contributed by atoms with Crippen LogP contribution in [-0.2, 0) is 17.8 Å². The SMILES string of the molecule is CNC(=O)Cc1nc(CNC(C)c2cccc3ccccc23)cs1. The Labute approximate surface area is 145 Å². The lowest BCUT2D eigenvalue weighted by Gasteiger charge is -2.16. The maximum absolute atomic E-state index is 11.4. The third kappa shape index (κ3) is 3.80. The normalized spacial score (nSPS) is 12.2. The zero-order chi connectivity index (χ0) is 16.9. The van der Waals surface area contributed by atoms with Gasteiger partial charge in [0.25, 0.3) is 0 Å². The summed E-state index contributed by atoms with van der Waals surface area (Å²) < 4.78 is 0. The maximum atomic E-state index is 11.4. The van der Waals surface area contributed by atoms with Crippen LogP contribution in [0.3, 0.4) is 0 Å². The summed E-state index contributed by atoms with van der Waals surface area (Å²) in [6, 6.07) is 15.1. The number of rotatable bonds is 6. The minimum atomic E-state index is -0.00650. The van der Waals surface area contributed by atoms with Crippen LogP contribution < -0.4 is 10.6 Å². The van der Waals surface area contributed by atoms with Crippen molar-refractivity contribution in [3.05, 3.63) is 64.1 Å². The van der Waals surface area contributed by atoms with E-state index >= 15 is 0 Å². The molecule has 2 N–H and O–H groups in total. The van der Waals surface area contributed by atoms with E-state index in [1.165, 1.54) is 27.7 Å². The molecule has 0 spiro atoms. The molecule has 0 aliphatic rings. The van der Waals surface area contributed by atoms with Crippen LogP contribution in [0.5, 0.6) is 0 Å². The molecule has 1 amide bonds. The van der Waals surface area contributed by atoms with Gasteiger partial charge in [0.05, 0.1) is 12.1 Å². The molecule has 3 rings (SSSR count). The van der Waals surface area contributed by atoms with Crippen LogP contribution in [0.25, 0.3) is 10.8 Å². The van der Waals surface area contributed by atoms with Gasteiger partial charge in [-0.15, -0.1) is 11.3 Å². The Balaban J connectivity index is 1.67. The number of aromatic nitrogens is 1. The number of hydrogen-bond acceptors (Lipinski definition) is 4. The lowest BCUT2D eigenvalue weighted by molar-refractivity contribution is -0.119. The van der Waals surface area contributed by atoms with Crippen LogP contribution in [0.2, 0.25) is 0 Å². The molecule has 3 aromatic rings. The van der Waals surface area contributed by atoms with Gasteiger partial charge >= 0.3 is 0 Å². The number of nitrogens with one attached hydrogen (secondary N) is 2. The maximum Gasteiger partial charge on any atom is 0.226 e. The number of carbonyl (C=O) groups excluding carboxylic acids is 1. The van der Waals surface area contributed by atoms with Gasteiger partial charge in [-0.05, 0) is 23.3 Å². The van der Waals surface area contributed by atoms with Crippen LogP contribution in [0.1, 0.15) is 29.2 Å². The summed E-state index contributed by atoms with van der Waals surface area (Å²) in [5.74, 6) is -0.00650. The third-order valence-corrected chi connectivity index (χ3v) is 4.97. The van der Waals surface area contributed by atoms with E-state index in [0.717, 1.165) is 10.7 Å². The summed E-state index contributed by atoms with van der Waals surface area (Å²) in [4.78, 5) is 15.9. The second-order valence-electron chi connectivity index (χ2n) is 5.75. The number of fused-ring (bicyclic) bond motifs is 1. The fourth-order valence-corrected chi connectivity index (χ4v) is 3.53. The molecule has 24 heavy (non-hydrogen) atoms. The molecule has 0 saturated carbocycles. The number of likely N-dealkylation sites (N-methyl/N-ethyl adjacent to an activating group) is 1. The molecule has 1 heterocycles. The largest absolute Gasteiger partial charge is 0.359 e. The molecular weight excluding hydrogens is 318 g/mol. The molecule has 0 fully saturated rings. The molecule has 0 bridgehead atoms. The Morgan fingerprint density at radius 2 is 2.00 bits per heavy atom. The van der Waals surface area contributed by atoms with Crippen LogP contribution in [-0.4, -0.2) is 17.9 Å². The van der Waals surface area contributed by atoms with Gasteiger partial charge < -0.3 is 10.6 Å². The van der Waals surface area contributed by atoms with Crippen LogP contribution in [0.4, 0.5) is 0 Å². The van der Waals surface area contributed by atoms with Gasteiger partial charge in [-0.25, -0.2) is 4.98 Å². The number of nitrogens with zero attached hydrogens (tertiary/aromatic N) is 1. The quantitative estimate of drug-likeness (QED) is 0.723. The smallest absolute Gasteiger partial charge is 0.226 e. The molecule has 0 aliphatic heterocycles. The highest BCUT2D eigenvalue weighted by molar-refractivity contribution is 7.09. The highest BCUT2D eigenvalue weighted by atomic mass is 32.1. The number of hydrogen-bond donors (Lipinski definition) is 2. The molecule has 2 aromatic carbocycles. The second-order valence-corrected chi connectivity index (χ2v) is 6.70. The molecule has 5 heteroatoms. The van der Waals surface area contributed by atoms with E-state index in [2.05, 4.69) is 65.0 Å². The van der Waals surface area contributed by atoms with Crippen molar-refractivity contribution >= 4 is 28.0 Å². The van der Waals surface area contributed by atoms with Gasteiger partial charge in [0.15, 0.2) is 0 Å². The topological polar surface area (TPSA) is 54.0 Å². The molecule has 4 nitrogen and oxygen atoms in total. The van der Waals surface area contributed by atoms with E-state index in [-0.39, 0.29) is 11.9 Å². The van der Waals surface area contributed by atoms with Gasteiger partial charge in [-0.1, -0.05) is 42.5 Å². The lowest BCUT2D eigenvalue weighted by Crippen LogP contribution is -2.20. The van der Waals surface area contributed by atoms with Gasteiger partial charge in [-0.2, -0.15) is 0 Å². The Bertz CT molecular complexity index is 838. The van der Waals surface area contributed by atoms with Gasteiger partial charge in [-0.3, -0.25) is 4.79 Å². The summed E-state index contributed by atoms with van der Waals surface area (Å²) in [5.41, 5.74) is 2.26. The first-order valence-electron chi connectivity index (χ1n) is 8.02. The number of thiazole rings is 1. The highest BCUT2D eigenvalue weighted by Gasteiger charge is 2.11. The second kappa shape index (κ2) is 7.55. The Morgan fingerprint density at radius 3 is 2.83 bits per heavy atom. The fourth-order valence-electron chi connectivity index (χ4n) is 2.73. The van der Waals surface area contributed by atoms with E-state index < -0.39 is 0 Å². The van der Waals surface area contributed by atoms with Crippen molar-refractivity contribution in [3.8, 4) is 0 Å². The van der Waals surface area contributed by atoms with Crippen molar-refractivity contribution < 1.29 is 4.79 Å². The summed E-state index contributed by atoms with van der Waals surface area (Å²) in [6.45, 7) is 2.86. The molecule has 0 aliphatic carbocycles. The van der Waals surface area contributed by atoms with Crippen molar-refractivity contribution in [2.45, 2.75) is 25.9 Å². The van der Waals surface area contributed by atoms with Gasteiger partial charge in [0, 0.05) is 25.0 Å².